The number of nitrogens with one attached hydrogen (secondary N) is 3. The molecule has 1 saturated heterocycles. The maximum Gasteiger partial charge on any atom is 0.329 e. The summed E-state index contributed by atoms with van der Waals surface area (Å²) in [7, 11) is 0. The predicted molar refractivity (Wildman–Crippen MR) is 168 cm³/mol. The molecular formula is C33H55N5O7. The quantitative estimate of drug-likeness (QED) is 0.178. The van der Waals surface area contributed by atoms with Gasteiger partial charge >= 0.3 is 12.0 Å². The number of esters is 1. The van der Waals surface area contributed by atoms with Crippen LogP contribution in [-0.4, -0.2) is 77.2 Å². The van der Waals surface area contributed by atoms with Crippen molar-refractivity contribution in [2.45, 2.75) is 131 Å². The number of ketones is 1. The van der Waals surface area contributed by atoms with E-state index in [0.29, 0.717) is 18.8 Å². The lowest BCUT2D eigenvalue weighted by molar-refractivity contribution is -0.154. The summed E-state index contributed by atoms with van der Waals surface area (Å²) in [5, 5.41) is 8.29. The summed E-state index contributed by atoms with van der Waals surface area (Å²) in [5.74, 6) is -3.05. The Hall–Kier alpha value is -3.18. The Kier molecular flexibility index (Phi) is 11.3. The van der Waals surface area contributed by atoms with E-state index in [-0.39, 0.29) is 30.4 Å². The van der Waals surface area contributed by atoms with Crippen LogP contribution in [0.3, 0.4) is 0 Å². The van der Waals surface area contributed by atoms with E-state index in [9.17, 15) is 28.8 Å². The van der Waals surface area contributed by atoms with Crippen LogP contribution in [0, 0.1) is 34.5 Å². The van der Waals surface area contributed by atoms with Crippen LogP contribution in [-0.2, 0) is 28.7 Å². The lowest BCUT2D eigenvalue weighted by Gasteiger charge is -2.37. The number of urea groups is 1. The summed E-state index contributed by atoms with van der Waals surface area (Å²) >= 11 is 0. The molecule has 45 heavy (non-hydrogen) atoms. The average Bonchev–Trinajstić information content (AvgIpc) is 3.85. The van der Waals surface area contributed by atoms with Crippen molar-refractivity contribution >= 4 is 35.5 Å². The van der Waals surface area contributed by atoms with E-state index in [0.717, 1.165) is 25.7 Å². The normalized spacial score (nSPS) is 23.0. The highest BCUT2D eigenvalue weighted by Crippen LogP contribution is 2.36. The molecule has 1 aliphatic heterocycles. The van der Waals surface area contributed by atoms with Gasteiger partial charge in [0.2, 0.25) is 17.6 Å². The first-order valence-electron chi connectivity index (χ1n) is 16.4. The number of likely N-dealkylation sites (tertiary alicyclic amines) is 1. The van der Waals surface area contributed by atoms with Gasteiger partial charge in [-0.25, -0.2) is 9.59 Å². The number of carbonyl (C=O) groups is 6. The number of rotatable bonds is 13. The largest absolute Gasteiger partial charge is 0.461 e. The van der Waals surface area contributed by atoms with Crippen molar-refractivity contribution in [3.05, 3.63) is 0 Å². The first-order chi connectivity index (χ1) is 20.7. The van der Waals surface area contributed by atoms with Gasteiger partial charge in [-0.05, 0) is 67.1 Å². The van der Waals surface area contributed by atoms with Crippen molar-refractivity contribution < 1.29 is 33.5 Å². The number of hydrogen-bond donors (Lipinski definition) is 4. The second-order valence-corrected chi connectivity index (χ2v) is 15.8. The van der Waals surface area contributed by atoms with Crippen LogP contribution in [0.5, 0.6) is 0 Å². The van der Waals surface area contributed by atoms with E-state index in [1.807, 2.05) is 62.3 Å². The predicted octanol–water partition coefficient (Wildman–Crippen LogP) is 2.67. The molecule has 254 valence electrons. The third kappa shape index (κ3) is 9.66. The van der Waals surface area contributed by atoms with Gasteiger partial charge in [-0.15, -0.1) is 0 Å². The zero-order chi connectivity index (χ0) is 34.0. The van der Waals surface area contributed by atoms with Gasteiger partial charge in [-0.2, -0.15) is 0 Å². The molecule has 0 aromatic rings. The zero-order valence-corrected chi connectivity index (χ0v) is 28.5. The van der Waals surface area contributed by atoms with Gasteiger partial charge in [-0.1, -0.05) is 68.2 Å². The summed E-state index contributed by atoms with van der Waals surface area (Å²) in [6.45, 7) is 17.0. The van der Waals surface area contributed by atoms with Crippen LogP contribution in [0.2, 0.25) is 0 Å². The van der Waals surface area contributed by atoms with Crippen molar-refractivity contribution in [1.82, 2.24) is 20.9 Å². The molecule has 3 aliphatic rings. The lowest BCUT2D eigenvalue weighted by Crippen LogP contribution is -2.62. The number of amides is 5. The van der Waals surface area contributed by atoms with Crippen LogP contribution >= 0.6 is 0 Å². The summed E-state index contributed by atoms with van der Waals surface area (Å²) in [4.78, 5) is 80.4. The topological polar surface area (TPSA) is 177 Å². The van der Waals surface area contributed by atoms with E-state index in [4.69, 9.17) is 10.5 Å². The minimum Gasteiger partial charge on any atom is -0.461 e. The highest BCUT2D eigenvalue weighted by atomic mass is 16.5. The summed E-state index contributed by atoms with van der Waals surface area (Å²) in [6, 6.07) is -4.66. The zero-order valence-electron chi connectivity index (χ0n) is 28.5. The molecule has 0 spiro atoms. The Morgan fingerprint density at radius 1 is 0.822 bits per heavy atom. The smallest absolute Gasteiger partial charge is 0.329 e. The minimum atomic E-state index is -1.11. The SMILES string of the molecule is CC(C)C1CCN(C(=O)[C@@H](NC(=O)N[C@H](C(=O)OC(C)C2CC2)C(C)(C)C)C(C)(C)C)[C@@H]1C(=O)NC(CC1CC1)C(=O)C(N)=O. The molecule has 5 amide bonds. The number of ether oxygens (including phenoxy) is 1. The van der Waals surface area contributed by atoms with Gasteiger partial charge in [0.1, 0.15) is 24.2 Å². The highest BCUT2D eigenvalue weighted by Gasteiger charge is 2.48. The molecule has 0 aromatic heterocycles. The molecule has 5 N–H and O–H groups in total. The van der Waals surface area contributed by atoms with E-state index in [1.54, 1.807) is 0 Å². The van der Waals surface area contributed by atoms with Gasteiger partial charge in [0, 0.05) is 6.54 Å². The van der Waals surface area contributed by atoms with Crippen LogP contribution in [0.15, 0.2) is 0 Å². The van der Waals surface area contributed by atoms with Crippen LogP contribution < -0.4 is 21.7 Å². The van der Waals surface area contributed by atoms with Gasteiger partial charge in [0.05, 0.1) is 6.04 Å². The number of nitrogens with two attached hydrogens (primary N) is 1. The van der Waals surface area contributed by atoms with Crippen LogP contribution in [0.4, 0.5) is 4.79 Å². The second-order valence-electron chi connectivity index (χ2n) is 15.8. The Bertz CT molecular complexity index is 1150. The molecular weight excluding hydrogens is 578 g/mol. The fourth-order valence-corrected chi connectivity index (χ4v) is 6.11. The number of carbonyl (C=O) groups excluding carboxylic acids is 6. The fourth-order valence-electron chi connectivity index (χ4n) is 6.11. The van der Waals surface area contributed by atoms with Gasteiger partial charge in [0.15, 0.2) is 0 Å². The minimum absolute atomic E-state index is 0.0354. The third-order valence-corrected chi connectivity index (χ3v) is 9.35. The molecule has 2 aliphatic carbocycles. The fraction of sp³-hybridized carbons (Fsp3) is 0.818. The molecule has 12 nitrogen and oxygen atoms in total. The Balaban J connectivity index is 1.80. The second kappa shape index (κ2) is 14.1. The Morgan fingerprint density at radius 3 is 1.84 bits per heavy atom. The standard InChI is InChI=1S/C33H55N5O7/c1-17(2)21-14-15-38(23(21)28(41)35-22(16-19-10-11-19)24(39)27(34)40)29(42)25(32(4,5)6)36-31(44)37-26(33(7,8)9)30(43)45-18(3)20-12-13-20/h17-23,25-26H,10-16H2,1-9H3,(H2,34,40)(H,35,41)(H2,36,37,44)/t18?,21?,22?,23-,25+,26+/m0/s1. The van der Waals surface area contributed by atoms with E-state index in [2.05, 4.69) is 16.0 Å². The van der Waals surface area contributed by atoms with Gasteiger partial charge in [-0.3, -0.25) is 19.2 Å². The number of Topliss-reactive ketones (excluding diaryl/α,β-unsaturated/α-hetero) is 1. The first-order valence-corrected chi connectivity index (χ1v) is 16.4. The van der Waals surface area contributed by atoms with E-state index >= 15 is 0 Å². The van der Waals surface area contributed by atoms with Crippen molar-refractivity contribution in [3.8, 4) is 0 Å². The number of primary amides is 1. The monoisotopic (exact) mass is 633 g/mol. The molecule has 3 fully saturated rings. The van der Waals surface area contributed by atoms with Crippen molar-refractivity contribution in [1.29, 1.82) is 0 Å². The first kappa shape index (κ1) is 36.3. The van der Waals surface area contributed by atoms with Crippen molar-refractivity contribution in [3.63, 3.8) is 0 Å². The van der Waals surface area contributed by atoms with Crippen molar-refractivity contribution in [2.75, 3.05) is 6.54 Å². The lowest BCUT2D eigenvalue weighted by atomic mass is 9.84. The maximum absolute atomic E-state index is 14.2. The molecule has 6 atom stereocenters. The van der Waals surface area contributed by atoms with Gasteiger partial charge in [0.25, 0.3) is 5.91 Å². The molecule has 1 heterocycles. The van der Waals surface area contributed by atoms with Crippen molar-refractivity contribution in [2.24, 2.45) is 40.2 Å². The number of hydrogen-bond acceptors (Lipinski definition) is 7. The molecule has 12 heteroatoms. The molecule has 3 rings (SSSR count). The molecule has 0 bridgehead atoms. The summed E-state index contributed by atoms with van der Waals surface area (Å²) in [6.07, 6.45) is 4.47. The number of nitrogens with zero attached hydrogens (tertiary/aromatic N) is 1. The average molecular weight is 634 g/mol. The maximum atomic E-state index is 14.2. The Labute approximate surface area is 267 Å². The molecule has 0 aromatic carbocycles. The summed E-state index contributed by atoms with van der Waals surface area (Å²) in [5.41, 5.74) is 3.86. The molecule has 3 unspecified atom stereocenters. The van der Waals surface area contributed by atoms with Crippen LogP contribution in [0.25, 0.3) is 0 Å². The Morgan fingerprint density at radius 2 is 1.38 bits per heavy atom. The third-order valence-electron chi connectivity index (χ3n) is 9.35. The summed E-state index contributed by atoms with van der Waals surface area (Å²) < 4.78 is 5.68. The van der Waals surface area contributed by atoms with Crippen LogP contribution in [0.1, 0.15) is 101 Å². The van der Waals surface area contributed by atoms with Gasteiger partial charge < -0.3 is 31.3 Å². The highest BCUT2D eigenvalue weighted by molar-refractivity contribution is 6.37. The van der Waals surface area contributed by atoms with E-state index in [1.165, 1.54) is 4.90 Å². The molecule has 2 saturated carbocycles. The molecule has 0 radical (unpaired) electrons. The van der Waals surface area contributed by atoms with E-state index < -0.39 is 70.5 Å².